The summed E-state index contributed by atoms with van der Waals surface area (Å²) in [5.74, 6) is 0.414. The van der Waals surface area contributed by atoms with Gasteiger partial charge in [0, 0.05) is 6.54 Å². The highest BCUT2D eigenvalue weighted by atomic mass is 35.5. The minimum atomic E-state index is -3.60. The number of halogens is 2. The Hall–Kier alpha value is -0.860. The number of nitrogens with zero attached hydrogens (tertiary/aromatic N) is 1. The van der Waals surface area contributed by atoms with Crippen molar-refractivity contribution in [1.29, 1.82) is 0 Å². The Morgan fingerprint density at radius 2 is 1.88 bits per heavy atom. The van der Waals surface area contributed by atoms with Gasteiger partial charge in [-0.05, 0) is 24.1 Å². The lowest BCUT2D eigenvalue weighted by Gasteiger charge is -2.31. The second-order valence-corrected chi connectivity index (χ2v) is 9.36. The number of carbonyl (C=O) groups is 1. The van der Waals surface area contributed by atoms with Gasteiger partial charge in [0.2, 0.25) is 10.0 Å². The van der Waals surface area contributed by atoms with Gasteiger partial charge in [0.05, 0.1) is 41.1 Å². The summed E-state index contributed by atoms with van der Waals surface area (Å²) in [6.45, 7) is 7.03. The van der Waals surface area contributed by atoms with Crippen LogP contribution in [0.15, 0.2) is 23.1 Å². The van der Waals surface area contributed by atoms with Crippen molar-refractivity contribution in [2.75, 3.05) is 39.3 Å². The molecule has 140 valence electrons. The first-order chi connectivity index (χ1) is 11.7. The highest BCUT2D eigenvalue weighted by molar-refractivity contribution is 7.89. The van der Waals surface area contributed by atoms with E-state index in [9.17, 15) is 13.2 Å². The van der Waals surface area contributed by atoms with Gasteiger partial charge in [-0.1, -0.05) is 37.0 Å². The van der Waals surface area contributed by atoms with Crippen molar-refractivity contribution >= 4 is 39.1 Å². The number of quaternary nitrogens is 1. The SMILES string of the molecule is CC(C)CNC(=O)C[NH+]1CCN(S(=O)(=O)c2ccc(Cl)c(Cl)c2)CC1. The van der Waals surface area contributed by atoms with Gasteiger partial charge in [-0.2, -0.15) is 4.31 Å². The number of sulfonamides is 1. The zero-order valence-corrected chi connectivity index (χ0v) is 16.7. The fourth-order valence-electron chi connectivity index (χ4n) is 2.61. The van der Waals surface area contributed by atoms with E-state index in [2.05, 4.69) is 5.32 Å². The fourth-order valence-corrected chi connectivity index (χ4v) is 4.44. The van der Waals surface area contributed by atoms with Gasteiger partial charge in [-0.3, -0.25) is 4.79 Å². The minimum Gasteiger partial charge on any atom is -0.351 e. The molecule has 0 saturated carbocycles. The molecule has 1 aliphatic rings. The largest absolute Gasteiger partial charge is 0.351 e. The fraction of sp³-hybridized carbons (Fsp3) is 0.562. The number of carbonyl (C=O) groups excluding carboxylic acids is 1. The third-order valence-electron chi connectivity index (χ3n) is 4.08. The highest BCUT2D eigenvalue weighted by Crippen LogP contribution is 2.26. The normalized spacial score (nSPS) is 17.0. The van der Waals surface area contributed by atoms with Crippen LogP contribution in [0.4, 0.5) is 0 Å². The predicted molar refractivity (Wildman–Crippen MR) is 98.6 cm³/mol. The lowest BCUT2D eigenvalue weighted by molar-refractivity contribution is -0.895. The molecule has 1 heterocycles. The van der Waals surface area contributed by atoms with Gasteiger partial charge in [0.25, 0.3) is 5.91 Å². The van der Waals surface area contributed by atoms with Gasteiger partial charge < -0.3 is 10.2 Å². The van der Waals surface area contributed by atoms with E-state index in [0.717, 1.165) is 4.90 Å². The summed E-state index contributed by atoms with van der Waals surface area (Å²) < 4.78 is 26.8. The van der Waals surface area contributed by atoms with Crippen molar-refractivity contribution in [3.63, 3.8) is 0 Å². The first-order valence-electron chi connectivity index (χ1n) is 8.25. The Labute approximate surface area is 159 Å². The van der Waals surface area contributed by atoms with E-state index in [1.54, 1.807) is 0 Å². The highest BCUT2D eigenvalue weighted by Gasteiger charge is 2.31. The number of nitrogens with one attached hydrogen (secondary N) is 2. The van der Waals surface area contributed by atoms with Gasteiger partial charge in [-0.15, -0.1) is 0 Å². The Bertz CT molecular complexity index is 717. The summed E-state index contributed by atoms with van der Waals surface area (Å²) in [6, 6.07) is 4.32. The van der Waals surface area contributed by atoms with Crippen LogP contribution in [0.2, 0.25) is 10.0 Å². The molecule has 2 rings (SSSR count). The molecule has 6 nitrogen and oxygen atoms in total. The Morgan fingerprint density at radius 1 is 1.24 bits per heavy atom. The molecule has 0 unspecified atom stereocenters. The van der Waals surface area contributed by atoms with Gasteiger partial charge >= 0.3 is 0 Å². The number of benzene rings is 1. The molecule has 1 amide bonds. The third kappa shape index (κ3) is 5.56. The Kier molecular flexibility index (Phi) is 7.10. The molecular weight excluding hydrogens is 385 g/mol. The molecule has 1 aromatic rings. The Morgan fingerprint density at radius 3 is 2.44 bits per heavy atom. The van der Waals surface area contributed by atoms with Gasteiger partial charge in [-0.25, -0.2) is 8.42 Å². The van der Waals surface area contributed by atoms with Crippen LogP contribution in [0, 0.1) is 5.92 Å². The molecule has 1 saturated heterocycles. The summed E-state index contributed by atoms with van der Waals surface area (Å²) >= 11 is 11.8. The molecule has 0 aromatic heterocycles. The monoisotopic (exact) mass is 408 g/mol. The van der Waals surface area contributed by atoms with E-state index in [0.29, 0.717) is 50.2 Å². The predicted octanol–water partition coefficient (Wildman–Crippen LogP) is 0.655. The zero-order chi connectivity index (χ0) is 18.6. The number of rotatable bonds is 6. The second-order valence-electron chi connectivity index (χ2n) is 6.60. The third-order valence-corrected chi connectivity index (χ3v) is 6.71. The van der Waals surface area contributed by atoms with E-state index in [1.165, 1.54) is 22.5 Å². The van der Waals surface area contributed by atoms with Gasteiger partial charge in [0.1, 0.15) is 0 Å². The Balaban J connectivity index is 1.92. The second kappa shape index (κ2) is 8.68. The molecule has 0 atom stereocenters. The lowest BCUT2D eigenvalue weighted by atomic mass is 10.2. The van der Waals surface area contributed by atoms with E-state index in [4.69, 9.17) is 23.2 Å². The number of hydrogen-bond acceptors (Lipinski definition) is 3. The van der Waals surface area contributed by atoms with Crippen molar-refractivity contribution in [3.05, 3.63) is 28.2 Å². The molecule has 0 spiro atoms. The quantitative estimate of drug-likeness (QED) is 0.725. The van der Waals surface area contributed by atoms with Crippen LogP contribution in [-0.4, -0.2) is 57.9 Å². The molecule has 25 heavy (non-hydrogen) atoms. The van der Waals surface area contributed by atoms with Crippen molar-refractivity contribution in [3.8, 4) is 0 Å². The van der Waals surface area contributed by atoms with Gasteiger partial charge in [0.15, 0.2) is 6.54 Å². The molecule has 2 N–H and O–H groups in total. The van der Waals surface area contributed by atoms with Crippen LogP contribution in [0.3, 0.4) is 0 Å². The molecular formula is C16H24Cl2N3O3S+. The summed E-state index contributed by atoms with van der Waals surface area (Å²) in [5, 5.41) is 3.43. The molecule has 1 fully saturated rings. The van der Waals surface area contributed by atoms with E-state index < -0.39 is 10.0 Å². The number of piperazine rings is 1. The molecule has 0 radical (unpaired) electrons. The summed E-state index contributed by atoms with van der Waals surface area (Å²) in [5.41, 5.74) is 0. The lowest BCUT2D eigenvalue weighted by Crippen LogP contribution is -3.15. The van der Waals surface area contributed by atoms with Crippen LogP contribution in [-0.2, 0) is 14.8 Å². The number of amides is 1. The van der Waals surface area contributed by atoms with Crippen molar-refractivity contribution in [1.82, 2.24) is 9.62 Å². The van der Waals surface area contributed by atoms with Crippen molar-refractivity contribution < 1.29 is 18.1 Å². The van der Waals surface area contributed by atoms with E-state index in [-0.39, 0.29) is 15.8 Å². The van der Waals surface area contributed by atoms with Crippen LogP contribution >= 0.6 is 23.2 Å². The van der Waals surface area contributed by atoms with E-state index in [1.807, 2.05) is 13.8 Å². The van der Waals surface area contributed by atoms with Crippen LogP contribution in [0.1, 0.15) is 13.8 Å². The average Bonchev–Trinajstić information content (AvgIpc) is 2.56. The first-order valence-corrected chi connectivity index (χ1v) is 10.4. The molecule has 0 aliphatic carbocycles. The van der Waals surface area contributed by atoms with Crippen molar-refractivity contribution in [2.45, 2.75) is 18.7 Å². The summed E-state index contributed by atoms with van der Waals surface area (Å²) in [6.07, 6.45) is 0. The topological polar surface area (TPSA) is 70.9 Å². The molecule has 0 bridgehead atoms. The maximum atomic E-state index is 12.7. The van der Waals surface area contributed by atoms with Crippen LogP contribution in [0.5, 0.6) is 0 Å². The summed E-state index contributed by atoms with van der Waals surface area (Å²) in [7, 11) is -3.60. The average molecular weight is 409 g/mol. The van der Waals surface area contributed by atoms with E-state index >= 15 is 0 Å². The maximum Gasteiger partial charge on any atom is 0.275 e. The minimum absolute atomic E-state index is 0.00416. The van der Waals surface area contributed by atoms with Crippen LogP contribution in [0.25, 0.3) is 0 Å². The molecule has 9 heteroatoms. The standard InChI is InChI=1S/C16H23Cl2N3O3S/c1-12(2)10-19-16(22)11-20-5-7-21(8-6-20)25(23,24)13-3-4-14(17)15(18)9-13/h3-4,9,12H,5-8,10-11H2,1-2H3,(H,19,22)/p+1. The molecule has 1 aliphatic heterocycles. The smallest absolute Gasteiger partial charge is 0.275 e. The first kappa shape index (κ1) is 20.5. The zero-order valence-electron chi connectivity index (χ0n) is 14.4. The van der Waals surface area contributed by atoms with Crippen molar-refractivity contribution in [2.24, 2.45) is 5.92 Å². The van der Waals surface area contributed by atoms with Crippen LogP contribution < -0.4 is 10.2 Å². The summed E-state index contributed by atoms with van der Waals surface area (Å²) in [4.78, 5) is 13.1. The maximum absolute atomic E-state index is 12.7. The number of hydrogen-bond donors (Lipinski definition) is 2. The molecule has 1 aromatic carbocycles.